The van der Waals surface area contributed by atoms with Crippen LogP contribution >= 0.6 is 0 Å². The Kier molecular flexibility index (Phi) is 5.10. The molecule has 0 aliphatic heterocycles. The highest BCUT2D eigenvalue weighted by molar-refractivity contribution is 5.93. The first kappa shape index (κ1) is 18.5. The maximum atomic E-state index is 13.9. The van der Waals surface area contributed by atoms with Crippen LogP contribution in [0, 0.1) is 5.82 Å². The Labute approximate surface area is 164 Å². The van der Waals surface area contributed by atoms with Crippen LogP contribution in [-0.2, 0) is 13.1 Å². The van der Waals surface area contributed by atoms with Crippen molar-refractivity contribution in [2.45, 2.75) is 13.1 Å². The van der Waals surface area contributed by atoms with Gasteiger partial charge in [-0.15, -0.1) is 0 Å². The molecule has 4 aromatic rings. The van der Waals surface area contributed by atoms with Crippen molar-refractivity contribution >= 4 is 16.9 Å². The molecule has 0 atom stereocenters. The lowest BCUT2D eigenvalue weighted by Gasteiger charge is -2.08. The van der Waals surface area contributed by atoms with E-state index in [1.165, 1.54) is 23.2 Å². The van der Waals surface area contributed by atoms with Gasteiger partial charge in [-0.1, -0.05) is 18.2 Å². The highest BCUT2D eigenvalue weighted by atomic mass is 19.1. The molecule has 1 N–H and O–H groups in total. The molecule has 0 aliphatic carbocycles. The van der Waals surface area contributed by atoms with E-state index in [0.717, 1.165) is 0 Å². The number of benzene rings is 1. The van der Waals surface area contributed by atoms with Crippen LogP contribution in [0.2, 0.25) is 0 Å². The zero-order valence-corrected chi connectivity index (χ0v) is 15.3. The first-order valence-electron chi connectivity index (χ1n) is 8.96. The molecule has 9 heteroatoms. The third-order valence-electron chi connectivity index (χ3n) is 4.47. The van der Waals surface area contributed by atoms with E-state index < -0.39 is 0 Å². The van der Waals surface area contributed by atoms with E-state index >= 15 is 0 Å². The number of halogens is 1. The maximum Gasteiger partial charge on any atom is 0.264 e. The fourth-order valence-electron chi connectivity index (χ4n) is 2.96. The van der Waals surface area contributed by atoms with Gasteiger partial charge in [0.1, 0.15) is 17.5 Å². The monoisotopic (exact) mass is 392 g/mol. The van der Waals surface area contributed by atoms with Crippen LogP contribution in [-0.4, -0.2) is 36.8 Å². The molecular weight excluding hydrogens is 375 g/mol. The normalized spacial score (nSPS) is 10.9. The standard InChI is InChI=1S/C20H17FN6O2/c21-17-4-2-1-3-15(17)12-26-13-24-18-16(20(26)29)11-25-27(18)10-9-23-19(28)14-5-7-22-8-6-14/h1-8,11,13H,9-10,12H2,(H,23,28). The molecule has 0 spiro atoms. The summed E-state index contributed by atoms with van der Waals surface area (Å²) in [6.45, 7) is 0.754. The predicted molar refractivity (Wildman–Crippen MR) is 104 cm³/mol. The molecule has 0 bridgehead atoms. The highest BCUT2D eigenvalue weighted by Gasteiger charge is 2.12. The molecule has 29 heavy (non-hydrogen) atoms. The summed E-state index contributed by atoms with van der Waals surface area (Å²) in [7, 11) is 0. The van der Waals surface area contributed by atoms with Crippen molar-refractivity contribution < 1.29 is 9.18 Å². The summed E-state index contributed by atoms with van der Waals surface area (Å²) in [4.78, 5) is 32.9. The van der Waals surface area contributed by atoms with Crippen molar-refractivity contribution in [1.29, 1.82) is 0 Å². The Morgan fingerprint density at radius 1 is 1.14 bits per heavy atom. The molecule has 8 nitrogen and oxygen atoms in total. The van der Waals surface area contributed by atoms with Crippen molar-refractivity contribution in [3.63, 3.8) is 0 Å². The fourth-order valence-corrected chi connectivity index (χ4v) is 2.96. The van der Waals surface area contributed by atoms with Crippen LogP contribution in [0.15, 0.2) is 66.1 Å². The third kappa shape index (κ3) is 3.88. The van der Waals surface area contributed by atoms with Crippen molar-refractivity contribution in [2.75, 3.05) is 6.54 Å². The van der Waals surface area contributed by atoms with Gasteiger partial charge in [-0.05, 0) is 18.2 Å². The molecule has 4 rings (SSSR count). The summed E-state index contributed by atoms with van der Waals surface area (Å²) in [5.74, 6) is -0.593. The van der Waals surface area contributed by atoms with Gasteiger partial charge in [-0.2, -0.15) is 5.10 Å². The van der Waals surface area contributed by atoms with E-state index in [2.05, 4.69) is 20.4 Å². The molecule has 146 valence electrons. The smallest absolute Gasteiger partial charge is 0.264 e. The summed E-state index contributed by atoms with van der Waals surface area (Å²) in [5.41, 5.74) is 1.03. The van der Waals surface area contributed by atoms with Crippen molar-refractivity contribution in [3.05, 3.63) is 88.6 Å². The largest absolute Gasteiger partial charge is 0.350 e. The second kappa shape index (κ2) is 8.01. The molecule has 1 aromatic carbocycles. The van der Waals surface area contributed by atoms with Gasteiger partial charge in [0.2, 0.25) is 0 Å². The van der Waals surface area contributed by atoms with Gasteiger partial charge in [0.25, 0.3) is 11.5 Å². The molecule has 3 heterocycles. The zero-order valence-electron chi connectivity index (χ0n) is 15.3. The Morgan fingerprint density at radius 3 is 2.72 bits per heavy atom. The van der Waals surface area contributed by atoms with Crippen molar-refractivity contribution in [2.24, 2.45) is 0 Å². The van der Waals surface area contributed by atoms with Crippen LogP contribution in [0.4, 0.5) is 4.39 Å². The lowest BCUT2D eigenvalue weighted by Crippen LogP contribution is -2.27. The fraction of sp³-hybridized carbons (Fsp3) is 0.150. The quantitative estimate of drug-likeness (QED) is 0.538. The Bertz CT molecular complexity index is 1220. The molecule has 0 unspecified atom stereocenters. The lowest BCUT2D eigenvalue weighted by atomic mass is 10.2. The number of fused-ring (bicyclic) bond motifs is 1. The number of carbonyl (C=O) groups is 1. The number of rotatable bonds is 6. The number of hydrogen-bond donors (Lipinski definition) is 1. The topological polar surface area (TPSA) is 94.7 Å². The summed E-state index contributed by atoms with van der Waals surface area (Å²) >= 11 is 0. The number of aromatic nitrogens is 5. The first-order valence-corrected chi connectivity index (χ1v) is 8.96. The number of nitrogens with one attached hydrogen (secondary N) is 1. The van der Waals surface area contributed by atoms with Crippen LogP contribution in [0.25, 0.3) is 11.0 Å². The second-order valence-corrected chi connectivity index (χ2v) is 6.37. The number of hydrogen-bond acceptors (Lipinski definition) is 5. The number of pyridine rings is 1. The first-order chi connectivity index (χ1) is 14.1. The Morgan fingerprint density at radius 2 is 1.93 bits per heavy atom. The van der Waals surface area contributed by atoms with Crippen LogP contribution in [0.5, 0.6) is 0 Å². The minimum atomic E-state index is -0.375. The van der Waals surface area contributed by atoms with E-state index in [0.29, 0.717) is 35.2 Å². The third-order valence-corrected chi connectivity index (χ3v) is 4.47. The van der Waals surface area contributed by atoms with E-state index in [4.69, 9.17) is 0 Å². The van der Waals surface area contributed by atoms with Gasteiger partial charge in [-0.25, -0.2) is 14.1 Å². The number of nitrogens with zero attached hydrogens (tertiary/aromatic N) is 5. The van der Waals surface area contributed by atoms with Crippen molar-refractivity contribution in [3.8, 4) is 0 Å². The minimum Gasteiger partial charge on any atom is -0.350 e. The molecule has 0 fully saturated rings. The molecule has 0 saturated heterocycles. The minimum absolute atomic E-state index is 0.0849. The van der Waals surface area contributed by atoms with Gasteiger partial charge >= 0.3 is 0 Å². The van der Waals surface area contributed by atoms with Gasteiger partial charge in [0.15, 0.2) is 5.65 Å². The zero-order chi connectivity index (χ0) is 20.2. The Balaban J connectivity index is 1.48. The number of amides is 1. The van der Waals surface area contributed by atoms with E-state index in [1.807, 2.05) is 0 Å². The summed E-state index contributed by atoms with van der Waals surface area (Å²) in [5, 5.41) is 7.32. The maximum absolute atomic E-state index is 13.9. The average Bonchev–Trinajstić information content (AvgIpc) is 3.16. The highest BCUT2D eigenvalue weighted by Crippen LogP contribution is 2.09. The van der Waals surface area contributed by atoms with Crippen LogP contribution in [0.1, 0.15) is 15.9 Å². The molecule has 1 amide bonds. The molecule has 0 radical (unpaired) electrons. The van der Waals surface area contributed by atoms with Crippen LogP contribution < -0.4 is 10.9 Å². The molecular formula is C20H17FN6O2. The van der Waals surface area contributed by atoms with Crippen LogP contribution in [0.3, 0.4) is 0 Å². The SMILES string of the molecule is O=C(NCCn1ncc2c(=O)n(Cc3ccccc3F)cnc21)c1ccncc1. The average molecular weight is 392 g/mol. The van der Waals surface area contributed by atoms with Gasteiger partial charge in [-0.3, -0.25) is 19.1 Å². The van der Waals surface area contributed by atoms with Gasteiger partial charge in [0, 0.05) is 30.1 Å². The summed E-state index contributed by atoms with van der Waals surface area (Å²) < 4.78 is 16.8. The summed E-state index contributed by atoms with van der Waals surface area (Å²) in [6.07, 6.45) is 5.91. The molecule has 0 aliphatic rings. The van der Waals surface area contributed by atoms with Gasteiger partial charge < -0.3 is 5.32 Å². The van der Waals surface area contributed by atoms with Gasteiger partial charge in [0.05, 0.1) is 19.3 Å². The lowest BCUT2D eigenvalue weighted by molar-refractivity contribution is 0.0952. The van der Waals surface area contributed by atoms with E-state index in [-0.39, 0.29) is 23.8 Å². The second-order valence-electron chi connectivity index (χ2n) is 6.37. The Hall–Kier alpha value is -3.88. The van der Waals surface area contributed by atoms with E-state index in [9.17, 15) is 14.0 Å². The predicted octanol–water partition coefficient (Wildman–Crippen LogP) is 1.61. The summed E-state index contributed by atoms with van der Waals surface area (Å²) in [6, 6.07) is 9.54. The number of carbonyl (C=O) groups excluding carboxylic acids is 1. The van der Waals surface area contributed by atoms with E-state index in [1.54, 1.807) is 47.4 Å². The molecule has 0 saturated carbocycles. The molecule has 3 aromatic heterocycles. The van der Waals surface area contributed by atoms with Crippen molar-refractivity contribution in [1.82, 2.24) is 29.6 Å².